The molecule has 0 bridgehead atoms. The smallest absolute Gasteiger partial charge is 0.250 e. The lowest BCUT2D eigenvalue weighted by atomic mass is 10.0. The number of pyridine rings is 1. The van der Waals surface area contributed by atoms with Gasteiger partial charge in [0.25, 0.3) is 5.56 Å². The maximum atomic E-state index is 12.0. The second-order valence-corrected chi connectivity index (χ2v) is 5.62. The summed E-state index contributed by atoms with van der Waals surface area (Å²) in [6.07, 6.45) is 6.94. The van der Waals surface area contributed by atoms with E-state index in [-0.39, 0.29) is 5.56 Å². The molecule has 3 heteroatoms. The summed E-state index contributed by atoms with van der Waals surface area (Å²) in [4.78, 5) is 12.0. The molecule has 1 aromatic heterocycles. The zero-order chi connectivity index (χ0) is 11.9. The molecule has 0 aromatic carbocycles. The number of aromatic nitrogens is 1. The van der Waals surface area contributed by atoms with Crippen molar-refractivity contribution in [1.29, 1.82) is 0 Å². The topological polar surface area (TPSA) is 48.0 Å². The summed E-state index contributed by atoms with van der Waals surface area (Å²) < 4.78 is 2.03. The monoisotopic (exact) mass is 232 g/mol. The molecule has 3 rings (SSSR count). The highest BCUT2D eigenvalue weighted by Gasteiger charge is 2.42. The van der Waals surface area contributed by atoms with Crippen LogP contribution in [0.3, 0.4) is 0 Å². The molecule has 1 saturated carbocycles. The number of hydrogen-bond donors (Lipinski definition) is 1. The first-order valence-electron chi connectivity index (χ1n) is 6.66. The fourth-order valence-corrected chi connectivity index (χ4v) is 3.11. The standard InChI is InChI=1S/C14H20N2O/c15-9-8-14(6-7-14)10-16-12-3-1-2-11(12)4-5-13(16)17/h4-5H,1-3,6-10,15H2. The predicted octanol–water partition coefficient (Wildman–Crippen LogP) is 1.47. The van der Waals surface area contributed by atoms with Gasteiger partial charge in [0.05, 0.1) is 0 Å². The van der Waals surface area contributed by atoms with Gasteiger partial charge in [0, 0.05) is 18.3 Å². The Morgan fingerprint density at radius 2 is 2.12 bits per heavy atom. The summed E-state index contributed by atoms with van der Waals surface area (Å²) in [7, 11) is 0. The summed E-state index contributed by atoms with van der Waals surface area (Å²) in [5, 5.41) is 0. The Morgan fingerprint density at radius 1 is 1.29 bits per heavy atom. The first-order chi connectivity index (χ1) is 8.24. The summed E-state index contributed by atoms with van der Waals surface area (Å²) in [5.41, 5.74) is 8.87. The van der Waals surface area contributed by atoms with Crippen LogP contribution in [0.25, 0.3) is 0 Å². The van der Waals surface area contributed by atoms with E-state index in [9.17, 15) is 4.79 Å². The van der Waals surface area contributed by atoms with E-state index < -0.39 is 0 Å². The van der Waals surface area contributed by atoms with E-state index in [1.807, 2.05) is 10.6 Å². The molecule has 0 saturated heterocycles. The fourth-order valence-electron chi connectivity index (χ4n) is 3.11. The van der Waals surface area contributed by atoms with Crippen molar-refractivity contribution in [2.24, 2.45) is 11.1 Å². The molecule has 2 N–H and O–H groups in total. The molecule has 0 amide bonds. The molecule has 17 heavy (non-hydrogen) atoms. The van der Waals surface area contributed by atoms with Gasteiger partial charge in [-0.1, -0.05) is 6.07 Å². The number of nitrogens with zero attached hydrogens (tertiary/aromatic N) is 1. The SMILES string of the molecule is NCCC1(Cn2c3c(ccc2=O)CCC3)CC1. The van der Waals surface area contributed by atoms with E-state index in [4.69, 9.17) is 5.73 Å². The van der Waals surface area contributed by atoms with Crippen LogP contribution >= 0.6 is 0 Å². The highest BCUT2D eigenvalue weighted by molar-refractivity contribution is 5.26. The lowest BCUT2D eigenvalue weighted by Crippen LogP contribution is -2.28. The molecule has 0 atom stereocenters. The molecule has 2 aliphatic carbocycles. The van der Waals surface area contributed by atoms with E-state index in [0.717, 1.165) is 32.4 Å². The molecule has 0 radical (unpaired) electrons. The summed E-state index contributed by atoms with van der Waals surface area (Å²) >= 11 is 0. The molecule has 1 fully saturated rings. The Labute approximate surface area is 102 Å². The molecule has 2 aliphatic rings. The van der Waals surface area contributed by atoms with Crippen LogP contribution < -0.4 is 11.3 Å². The van der Waals surface area contributed by atoms with Gasteiger partial charge >= 0.3 is 0 Å². The van der Waals surface area contributed by atoms with Crippen molar-refractivity contribution in [3.63, 3.8) is 0 Å². The number of aryl methyl sites for hydroxylation is 1. The lowest BCUT2D eigenvalue weighted by molar-refractivity contribution is 0.385. The Bertz CT molecular complexity index is 485. The molecule has 3 nitrogen and oxygen atoms in total. The molecule has 92 valence electrons. The minimum absolute atomic E-state index is 0.175. The zero-order valence-electron chi connectivity index (χ0n) is 10.2. The highest BCUT2D eigenvalue weighted by atomic mass is 16.1. The van der Waals surface area contributed by atoms with Gasteiger partial charge in [-0.05, 0) is 56.0 Å². The number of nitrogens with two attached hydrogens (primary N) is 1. The van der Waals surface area contributed by atoms with Crippen molar-refractivity contribution in [2.45, 2.75) is 45.1 Å². The van der Waals surface area contributed by atoms with Crippen molar-refractivity contribution in [3.8, 4) is 0 Å². The Hall–Kier alpha value is -1.09. The van der Waals surface area contributed by atoms with Gasteiger partial charge in [-0.2, -0.15) is 0 Å². The zero-order valence-corrected chi connectivity index (χ0v) is 10.2. The van der Waals surface area contributed by atoms with Crippen LogP contribution in [0.2, 0.25) is 0 Å². The van der Waals surface area contributed by atoms with Gasteiger partial charge in [-0.15, -0.1) is 0 Å². The molecular formula is C14H20N2O. The molecular weight excluding hydrogens is 212 g/mol. The van der Waals surface area contributed by atoms with Gasteiger partial charge in [0.15, 0.2) is 0 Å². The summed E-state index contributed by atoms with van der Waals surface area (Å²) in [6, 6.07) is 3.76. The molecule has 0 unspecified atom stereocenters. The summed E-state index contributed by atoms with van der Waals surface area (Å²) in [6.45, 7) is 1.63. The second-order valence-electron chi connectivity index (χ2n) is 5.62. The Morgan fingerprint density at radius 3 is 2.82 bits per heavy atom. The van der Waals surface area contributed by atoms with E-state index in [1.54, 1.807) is 6.07 Å². The van der Waals surface area contributed by atoms with Crippen LogP contribution in [0.15, 0.2) is 16.9 Å². The van der Waals surface area contributed by atoms with Crippen molar-refractivity contribution < 1.29 is 0 Å². The van der Waals surface area contributed by atoms with Crippen molar-refractivity contribution >= 4 is 0 Å². The van der Waals surface area contributed by atoms with Crippen LogP contribution in [-0.2, 0) is 19.4 Å². The summed E-state index contributed by atoms with van der Waals surface area (Å²) in [5.74, 6) is 0. The maximum Gasteiger partial charge on any atom is 0.250 e. The number of rotatable bonds is 4. The van der Waals surface area contributed by atoms with Crippen LogP contribution in [0.4, 0.5) is 0 Å². The molecule has 0 aliphatic heterocycles. The van der Waals surface area contributed by atoms with Crippen LogP contribution in [0.5, 0.6) is 0 Å². The maximum absolute atomic E-state index is 12.0. The average Bonchev–Trinajstić information content (AvgIpc) is 2.90. The van der Waals surface area contributed by atoms with E-state index in [2.05, 4.69) is 0 Å². The van der Waals surface area contributed by atoms with E-state index in [0.29, 0.717) is 5.41 Å². The van der Waals surface area contributed by atoms with E-state index >= 15 is 0 Å². The lowest BCUT2D eigenvalue weighted by Gasteiger charge is -2.19. The minimum atomic E-state index is 0.175. The number of fused-ring (bicyclic) bond motifs is 1. The van der Waals surface area contributed by atoms with Gasteiger partial charge in [0.2, 0.25) is 0 Å². The van der Waals surface area contributed by atoms with Gasteiger partial charge in [-0.25, -0.2) is 0 Å². The third-order valence-corrected chi connectivity index (χ3v) is 4.37. The van der Waals surface area contributed by atoms with Crippen LogP contribution in [0.1, 0.15) is 36.9 Å². The van der Waals surface area contributed by atoms with Crippen LogP contribution in [0, 0.1) is 5.41 Å². The average molecular weight is 232 g/mol. The van der Waals surface area contributed by atoms with Crippen molar-refractivity contribution in [3.05, 3.63) is 33.7 Å². The third-order valence-electron chi connectivity index (χ3n) is 4.37. The normalized spacial score (nSPS) is 20.3. The Kier molecular flexibility index (Phi) is 2.58. The highest BCUT2D eigenvalue weighted by Crippen LogP contribution is 2.50. The van der Waals surface area contributed by atoms with Crippen LogP contribution in [-0.4, -0.2) is 11.1 Å². The molecule has 1 heterocycles. The van der Waals surface area contributed by atoms with Gasteiger partial charge in [0.1, 0.15) is 0 Å². The largest absolute Gasteiger partial charge is 0.330 e. The second kappa shape index (κ2) is 3.98. The third kappa shape index (κ3) is 1.93. The Balaban J connectivity index is 1.93. The van der Waals surface area contributed by atoms with Crippen molar-refractivity contribution in [2.75, 3.05) is 6.54 Å². The first kappa shape index (κ1) is 11.0. The van der Waals surface area contributed by atoms with Gasteiger partial charge < -0.3 is 10.3 Å². The number of hydrogen-bond acceptors (Lipinski definition) is 2. The van der Waals surface area contributed by atoms with Gasteiger partial charge in [-0.3, -0.25) is 4.79 Å². The fraction of sp³-hybridized carbons (Fsp3) is 0.643. The molecule has 0 spiro atoms. The van der Waals surface area contributed by atoms with Crippen molar-refractivity contribution in [1.82, 2.24) is 4.57 Å². The first-order valence-corrected chi connectivity index (χ1v) is 6.66. The predicted molar refractivity (Wildman–Crippen MR) is 68.1 cm³/mol. The minimum Gasteiger partial charge on any atom is -0.330 e. The quantitative estimate of drug-likeness (QED) is 0.854. The molecule has 1 aromatic rings. The van der Waals surface area contributed by atoms with E-state index in [1.165, 1.54) is 30.5 Å².